The summed E-state index contributed by atoms with van der Waals surface area (Å²) in [6.45, 7) is 2.87. The predicted octanol–water partition coefficient (Wildman–Crippen LogP) is 1.51. The van der Waals surface area contributed by atoms with E-state index in [0.717, 1.165) is 6.07 Å². The second kappa shape index (κ2) is 3.98. The third-order valence-electron chi connectivity index (χ3n) is 2.32. The van der Waals surface area contributed by atoms with Gasteiger partial charge in [-0.1, -0.05) is 12.1 Å². The van der Waals surface area contributed by atoms with Crippen molar-refractivity contribution in [2.45, 2.75) is 19.4 Å². The summed E-state index contributed by atoms with van der Waals surface area (Å²) in [7, 11) is 1.17. The molecule has 82 valence electrons. The lowest BCUT2D eigenvalue weighted by molar-refractivity contribution is -0.161. The minimum absolute atomic E-state index is 0.178. The topological polar surface area (TPSA) is 46.5 Å². The molecule has 0 saturated carbocycles. The molecule has 0 saturated heterocycles. The maximum atomic E-state index is 13.2. The van der Waals surface area contributed by atoms with Gasteiger partial charge in [-0.2, -0.15) is 0 Å². The van der Waals surface area contributed by atoms with Gasteiger partial charge in [0, 0.05) is 0 Å². The van der Waals surface area contributed by atoms with Gasteiger partial charge in [0.1, 0.15) is 5.82 Å². The van der Waals surface area contributed by atoms with Crippen molar-refractivity contribution in [1.82, 2.24) is 0 Å². The van der Waals surface area contributed by atoms with E-state index in [2.05, 4.69) is 4.74 Å². The zero-order valence-corrected chi connectivity index (χ0v) is 8.87. The summed E-state index contributed by atoms with van der Waals surface area (Å²) in [5.41, 5.74) is -1.18. The number of hydrogen-bond acceptors (Lipinski definition) is 3. The molecule has 0 bridgehead atoms. The molecular formula is C11H13FO3. The van der Waals surface area contributed by atoms with Crippen LogP contribution in [0.2, 0.25) is 0 Å². The Morgan fingerprint density at radius 1 is 1.53 bits per heavy atom. The van der Waals surface area contributed by atoms with E-state index in [0.29, 0.717) is 5.56 Å². The molecule has 4 heteroatoms. The van der Waals surface area contributed by atoms with Gasteiger partial charge >= 0.3 is 5.97 Å². The van der Waals surface area contributed by atoms with Gasteiger partial charge in [0.15, 0.2) is 5.60 Å². The number of aliphatic hydroxyl groups is 1. The highest BCUT2D eigenvalue weighted by atomic mass is 19.1. The summed E-state index contributed by atoms with van der Waals surface area (Å²) in [6, 6.07) is 4.13. The molecule has 15 heavy (non-hydrogen) atoms. The Bertz CT molecular complexity index is 385. The Kier molecular flexibility index (Phi) is 3.09. The van der Waals surface area contributed by atoms with Crippen LogP contribution >= 0.6 is 0 Å². The fourth-order valence-electron chi connectivity index (χ4n) is 1.21. The number of halogens is 1. The number of methoxy groups -OCH3 is 1. The van der Waals surface area contributed by atoms with Gasteiger partial charge in [0.05, 0.1) is 7.11 Å². The van der Waals surface area contributed by atoms with Gasteiger partial charge in [-0.3, -0.25) is 0 Å². The first-order chi connectivity index (χ1) is 6.89. The average Bonchev–Trinajstić information content (AvgIpc) is 2.20. The van der Waals surface area contributed by atoms with Crippen LogP contribution in [0.1, 0.15) is 18.1 Å². The number of rotatable bonds is 2. The molecule has 1 aromatic rings. The minimum Gasteiger partial charge on any atom is -0.467 e. The van der Waals surface area contributed by atoms with Gasteiger partial charge in [-0.15, -0.1) is 0 Å². The summed E-state index contributed by atoms with van der Waals surface area (Å²) < 4.78 is 17.6. The number of benzene rings is 1. The van der Waals surface area contributed by atoms with Gasteiger partial charge in [0.25, 0.3) is 0 Å². The standard InChI is InChI=1S/C11H13FO3/c1-7-4-5-8(6-9(7)12)11(2,14)10(13)15-3/h4-6,14H,1-3H3. The molecule has 0 aromatic heterocycles. The molecule has 1 rings (SSSR count). The maximum Gasteiger partial charge on any atom is 0.342 e. The summed E-state index contributed by atoms with van der Waals surface area (Å²) in [4.78, 5) is 11.2. The first-order valence-corrected chi connectivity index (χ1v) is 4.47. The molecule has 1 unspecified atom stereocenters. The molecule has 0 heterocycles. The van der Waals surface area contributed by atoms with Crippen LogP contribution in [0.3, 0.4) is 0 Å². The van der Waals surface area contributed by atoms with E-state index < -0.39 is 17.4 Å². The van der Waals surface area contributed by atoms with Crippen molar-refractivity contribution >= 4 is 5.97 Å². The fraction of sp³-hybridized carbons (Fsp3) is 0.364. The molecule has 0 aliphatic carbocycles. The Labute approximate surface area is 87.5 Å². The Morgan fingerprint density at radius 3 is 2.60 bits per heavy atom. The second-order valence-electron chi connectivity index (χ2n) is 3.53. The molecule has 1 aromatic carbocycles. The van der Waals surface area contributed by atoms with E-state index in [1.165, 1.54) is 26.2 Å². The second-order valence-corrected chi connectivity index (χ2v) is 3.53. The zero-order valence-electron chi connectivity index (χ0n) is 8.87. The molecule has 0 aliphatic heterocycles. The van der Waals surface area contributed by atoms with Gasteiger partial charge in [-0.25, -0.2) is 9.18 Å². The Hall–Kier alpha value is -1.42. The SMILES string of the molecule is COC(=O)C(C)(O)c1ccc(C)c(F)c1. The highest BCUT2D eigenvalue weighted by Gasteiger charge is 2.33. The van der Waals surface area contributed by atoms with E-state index in [-0.39, 0.29) is 5.56 Å². The fourth-order valence-corrected chi connectivity index (χ4v) is 1.21. The lowest BCUT2D eigenvalue weighted by Gasteiger charge is -2.20. The average molecular weight is 212 g/mol. The first kappa shape index (κ1) is 11.7. The molecule has 1 N–H and O–H groups in total. The normalized spacial score (nSPS) is 14.5. The van der Waals surface area contributed by atoms with E-state index >= 15 is 0 Å². The van der Waals surface area contributed by atoms with Crippen molar-refractivity contribution in [1.29, 1.82) is 0 Å². The molecule has 3 nitrogen and oxygen atoms in total. The third kappa shape index (κ3) is 2.15. The van der Waals surface area contributed by atoms with Crippen LogP contribution in [0.5, 0.6) is 0 Å². The molecule has 0 fully saturated rings. The van der Waals surface area contributed by atoms with Crippen LogP contribution in [0.15, 0.2) is 18.2 Å². The maximum absolute atomic E-state index is 13.2. The van der Waals surface area contributed by atoms with Crippen LogP contribution in [0, 0.1) is 12.7 Å². The summed E-state index contributed by atoms with van der Waals surface area (Å²) >= 11 is 0. The molecule has 0 amide bonds. The lowest BCUT2D eigenvalue weighted by atomic mass is 9.95. The quantitative estimate of drug-likeness (QED) is 0.756. The zero-order chi connectivity index (χ0) is 11.6. The van der Waals surface area contributed by atoms with Crippen molar-refractivity contribution < 1.29 is 19.0 Å². The van der Waals surface area contributed by atoms with Gasteiger partial charge in [-0.05, 0) is 31.0 Å². The van der Waals surface area contributed by atoms with Crippen molar-refractivity contribution in [2.24, 2.45) is 0 Å². The highest BCUT2D eigenvalue weighted by molar-refractivity contribution is 5.80. The Balaban J connectivity index is 3.16. The first-order valence-electron chi connectivity index (χ1n) is 4.47. The van der Waals surface area contributed by atoms with Crippen molar-refractivity contribution in [2.75, 3.05) is 7.11 Å². The summed E-state index contributed by atoms with van der Waals surface area (Å²) in [6.07, 6.45) is 0. The predicted molar refractivity (Wildman–Crippen MR) is 52.7 cm³/mol. The number of aryl methyl sites for hydroxylation is 1. The smallest absolute Gasteiger partial charge is 0.342 e. The van der Waals surface area contributed by atoms with Crippen LogP contribution < -0.4 is 0 Å². The number of ether oxygens (including phenoxy) is 1. The number of esters is 1. The van der Waals surface area contributed by atoms with Gasteiger partial charge in [0.2, 0.25) is 0 Å². The van der Waals surface area contributed by atoms with Crippen LogP contribution in [0.4, 0.5) is 4.39 Å². The molecule has 0 spiro atoms. The monoisotopic (exact) mass is 212 g/mol. The largest absolute Gasteiger partial charge is 0.467 e. The third-order valence-corrected chi connectivity index (χ3v) is 2.32. The number of hydrogen-bond donors (Lipinski definition) is 1. The number of carbonyl (C=O) groups excluding carboxylic acids is 1. The van der Waals surface area contributed by atoms with Crippen molar-refractivity contribution in [3.63, 3.8) is 0 Å². The minimum atomic E-state index is -1.82. The molecule has 0 aliphatic rings. The van der Waals surface area contributed by atoms with E-state index in [9.17, 15) is 14.3 Å². The van der Waals surface area contributed by atoms with Crippen LogP contribution in [-0.4, -0.2) is 18.2 Å². The van der Waals surface area contributed by atoms with Crippen LogP contribution in [0.25, 0.3) is 0 Å². The van der Waals surface area contributed by atoms with E-state index in [1.54, 1.807) is 6.92 Å². The summed E-state index contributed by atoms with van der Waals surface area (Å²) in [5, 5.41) is 9.83. The highest BCUT2D eigenvalue weighted by Crippen LogP contribution is 2.23. The molecular weight excluding hydrogens is 199 g/mol. The molecule has 1 atom stereocenters. The van der Waals surface area contributed by atoms with E-state index in [1.807, 2.05) is 0 Å². The van der Waals surface area contributed by atoms with Crippen molar-refractivity contribution in [3.05, 3.63) is 35.1 Å². The number of carbonyl (C=O) groups is 1. The van der Waals surface area contributed by atoms with Crippen molar-refractivity contribution in [3.8, 4) is 0 Å². The van der Waals surface area contributed by atoms with Crippen LogP contribution in [-0.2, 0) is 15.1 Å². The molecule has 0 radical (unpaired) electrons. The Morgan fingerprint density at radius 2 is 2.13 bits per heavy atom. The van der Waals surface area contributed by atoms with E-state index in [4.69, 9.17) is 0 Å². The lowest BCUT2D eigenvalue weighted by Crippen LogP contribution is -2.33. The van der Waals surface area contributed by atoms with Gasteiger partial charge < -0.3 is 9.84 Å². The summed E-state index contributed by atoms with van der Waals surface area (Å²) in [5.74, 6) is -1.28.